The number of methoxy groups -OCH3 is 1. The highest BCUT2D eigenvalue weighted by atomic mass is 32.1. The van der Waals surface area contributed by atoms with Crippen molar-refractivity contribution in [3.63, 3.8) is 0 Å². The van der Waals surface area contributed by atoms with Crippen LogP contribution in [0.3, 0.4) is 0 Å². The molecule has 2 aromatic rings. The quantitative estimate of drug-likeness (QED) is 0.732. The van der Waals surface area contributed by atoms with Crippen molar-refractivity contribution in [2.24, 2.45) is 5.92 Å². The molecule has 2 fully saturated rings. The number of rotatable bonds is 5. The van der Waals surface area contributed by atoms with Crippen molar-refractivity contribution in [3.8, 4) is 0 Å². The summed E-state index contributed by atoms with van der Waals surface area (Å²) in [6, 6.07) is 0. The predicted octanol–water partition coefficient (Wildman–Crippen LogP) is 1.88. The Morgan fingerprint density at radius 1 is 1.34 bits per heavy atom. The molecule has 2 aliphatic heterocycles. The van der Waals surface area contributed by atoms with Crippen LogP contribution in [-0.2, 0) is 33.9 Å². The van der Waals surface area contributed by atoms with Gasteiger partial charge in [-0.2, -0.15) is 0 Å². The van der Waals surface area contributed by atoms with E-state index < -0.39 is 0 Å². The molecule has 1 saturated carbocycles. The lowest BCUT2D eigenvalue weighted by atomic mass is 9.85. The summed E-state index contributed by atoms with van der Waals surface area (Å²) >= 11 is 1.32. The minimum Gasteiger partial charge on any atom is -0.445 e. The lowest BCUT2D eigenvalue weighted by Gasteiger charge is -2.27. The van der Waals surface area contributed by atoms with Gasteiger partial charge in [0.25, 0.3) is 0 Å². The van der Waals surface area contributed by atoms with Crippen molar-refractivity contribution >= 4 is 28.3 Å². The van der Waals surface area contributed by atoms with E-state index in [1.54, 1.807) is 12.0 Å². The van der Waals surface area contributed by atoms with Crippen LogP contribution in [0.15, 0.2) is 4.42 Å². The molecule has 0 radical (unpaired) electrons. The van der Waals surface area contributed by atoms with Gasteiger partial charge in [-0.1, -0.05) is 17.8 Å². The average molecular weight is 417 g/mol. The summed E-state index contributed by atoms with van der Waals surface area (Å²) in [7, 11) is 1.59. The lowest BCUT2D eigenvalue weighted by molar-refractivity contribution is -0.136. The van der Waals surface area contributed by atoms with Gasteiger partial charge in [-0.15, -0.1) is 10.2 Å². The topological polar surface area (TPSA) is 102 Å². The third kappa shape index (κ3) is 3.44. The molecule has 4 heterocycles. The van der Waals surface area contributed by atoms with E-state index in [9.17, 15) is 9.59 Å². The second-order valence-electron chi connectivity index (χ2n) is 7.88. The molecule has 9 nitrogen and oxygen atoms in total. The van der Waals surface area contributed by atoms with Crippen LogP contribution in [0.1, 0.15) is 54.0 Å². The molecule has 10 heteroatoms. The second-order valence-corrected chi connectivity index (χ2v) is 8.92. The van der Waals surface area contributed by atoms with Gasteiger partial charge in [0.2, 0.25) is 16.9 Å². The number of aromatic nitrogens is 3. The van der Waals surface area contributed by atoms with E-state index in [4.69, 9.17) is 9.15 Å². The number of nitrogens with zero attached hydrogens (tertiary/aromatic N) is 5. The van der Waals surface area contributed by atoms with Crippen LogP contribution in [-0.4, -0.2) is 52.1 Å². The molecule has 1 aliphatic carbocycles. The van der Waals surface area contributed by atoms with Crippen LogP contribution in [0, 0.1) is 5.92 Å². The monoisotopic (exact) mass is 417 g/mol. The minimum atomic E-state index is -0.364. The Balaban J connectivity index is 1.25. The molecule has 1 atom stereocenters. The number of fused-ring (bicyclic) bond motifs is 1. The molecule has 1 saturated heterocycles. The van der Waals surface area contributed by atoms with Gasteiger partial charge in [-0.3, -0.25) is 14.5 Å². The molecule has 1 unspecified atom stereocenters. The first kappa shape index (κ1) is 18.7. The van der Waals surface area contributed by atoms with Crippen molar-refractivity contribution in [3.05, 3.63) is 22.4 Å². The molecule has 0 spiro atoms. The summed E-state index contributed by atoms with van der Waals surface area (Å²) in [5.74, 6) is 1.74. The van der Waals surface area contributed by atoms with E-state index >= 15 is 0 Å². The minimum absolute atomic E-state index is 0.00123. The van der Waals surface area contributed by atoms with Crippen LogP contribution < -0.4 is 4.90 Å². The molecule has 2 amide bonds. The first-order valence-electron chi connectivity index (χ1n) is 10.0. The molecule has 0 bridgehead atoms. The summed E-state index contributed by atoms with van der Waals surface area (Å²) < 4.78 is 11.0. The number of oxazole rings is 1. The van der Waals surface area contributed by atoms with E-state index in [1.165, 1.54) is 17.8 Å². The number of anilines is 1. The highest BCUT2D eigenvalue weighted by Crippen LogP contribution is 2.37. The maximum atomic E-state index is 13.1. The molecule has 0 N–H and O–H groups in total. The highest BCUT2D eigenvalue weighted by molar-refractivity contribution is 7.15. The zero-order valence-corrected chi connectivity index (χ0v) is 17.1. The molecule has 0 aromatic carbocycles. The van der Waals surface area contributed by atoms with Gasteiger partial charge >= 0.3 is 0 Å². The van der Waals surface area contributed by atoms with Crippen molar-refractivity contribution in [2.75, 3.05) is 25.1 Å². The molecule has 29 heavy (non-hydrogen) atoms. The molecular formula is C19H23N5O4S. The summed E-state index contributed by atoms with van der Waals surface area (Å²) in [6.45, 7) is 1.77. The van der Waals surface area contributed by atoms with Crippen molar-refractivity contribution in [1.82, 2.24) is 20.1 Å². The van der Waals surface area contributed by atoms with Gasteiger partial charge < -0.3 is 14.1 Å². The van der Waals surface area contributed by atoms with Crippen LogP contribution in [0.25, 0.3) is 0 Å². The van der Waals surface area contributed by atoms with Gasteiger partial charge in [0.1, 0.15) is 23.1 Å². The van der Waals surface area contributed by atoms with Gasteiger partial charge in [-0.25, -0.2) is 4.98 Å². The van der Waals surface area contributed by atoms with Gasteiger partial charge in [0, 0.05) is 39.0 Å². The fourth-order valence-corrected chi connectivity index (χ4v) is 4.93. The Kier molecular flexibility index (Phi) is 4.83. The van der Waals surface area contributed by atoms with Gasteiger partial charge in [-0.05, 0) is 12.8 Å². The SMILES string of the molecule is COCc1nnc(N2CC(C(=O)N3CCc4oc(C5CCC5)nc4C3)CC2=O)s1. The molecule has 3 aliphatic rings. The van der Waals surface area contributed by atoms with Crippen LogP contribution in [0.2, 0.25) is 0 Å². The van der Waals surface area contributed by atoms with Crippen LogP contribution in [0.4, 0.5) is 5.13 Å². The largest absolute Gasteiger partial charge is 0.445 e. The standard InChI is InChI=1S/C19H23N5O4S/c1-27-10-15-21-22-19(29-15)24-8-12(7-16(24)25)18(26)23-6-5-14-13(9-23)20-17(28-14)11-3-2-4-11/h11-12H,2-10H2,1H3. The summed E-state index contributed by atoms with van der Waals surface area (Å²) in [5, 5.41) is 9.35. The third-order valence-electron chi connectivity index (χ3n) is 5.94. The number of carbonyl (C=O) groups is 2. The number of hydrogen-bond donors (Lipinski definition) is 0. The van der Waals surface area contributed by atoms with Crippen molar-refractivity contribution < 1.29 is 18.7 Å². The number of ether oxygens (including phenoxy) is 1. The third-order valence-corrected chi connectivity index (χ3v) is 6.86. The van der Waals surface area contributed by atoms with Crippen molar-refractivity contribution in [2.45, 2.75) is 51.2 Å². The molecule has 2 aromatic heterocycles. The fraction of sp³-hybridized carbons (Fsp3) is 0.632. The average Bonchev–Trinajstić information content (AvgIpc) is 3.37. The Hall–Kier alpha value is -2.33. The van der Waals surface area contributed by atoms with E-state index in [2.05, 4.69) is 15.2 Å². The number of carbonyl (C=O) groups excluding carboxylic acids is 2. The molecular weight excluding hydrogens is 394 g/mol. The Labute approximate surface area is 172 Å². The van der Waals surface area contributed by atoms with Gasteiger partial charge in [0.15, 0.2) is 5.89 Å². The zero-order chi connectivity index (χ0) is 20.0. The number of hydrogen-bond acceptors (Lipinski definition) is 8. The Bertz CT molecular complexity index is 937. The predicted molar refractivity (Wildman–Crippen MR) is 103 cm³/mol. The normalized spacial score (nSPS) is 22.1. The second kappa shape index (κ2) is 7.49. The fourth-order valence-electron chi connectivity index (χ4n) is 4.09. The molecule has 154 valence electrons. The highest BCUT2D eigenvalue weighted by Gasteiger charge is 2.40. The summed E-state index contributed by atoms with van der Waals surface area (Å²) in [6.07, 6.45) is 4.39. The summed E-state index contributed by atoms with van der Waals surface area (Å²) in [4.78, 5) is 33.6. The molecule has 5 rings (SSSR count). The maximum Gasteiger partial charge on any atom is 0.229 e. The van der Waals surface area contributed by atoms with E-state index in [0.29, 0.717) is 48.7 Å². The summed E-state index contributed by atoms with van der Waals surface area (Å²) in [5.41, 5.74) is 0.876. The number of amides is 2. The van der Waals surface area contributed by atoms with E-state index in [1.807, 2.05) is 4.90 Å². The van der Waals surface area contributed by atoms with Crippen LogP contribution >= 0.6 is 11.3 Å². The van der Waals surface area contributed by atoms with Crippen LogP contribution in [0.5, 0.6) is 0 Å². The zero-order valence-electron chi connectivity index (χ0n) is 16.3. The first-order valence-corrected chi connectivity index (χ1v) is 10.8. The van der Waals surface area contributed by atoms with E-state index in [0.717, 1.165) is 30.2 Å². The van der Waals surface area contributed by atoms with Crippen molar-refractivity contribution in [1.29, 1.82) is 0 Å². The smallest absolute Gasteiger partial charge is 0.229 e. The Morgan fingerprint density at radius 2 is 2.21 bits per heavy atom. The first-order chi connectivity index (χ1) is 14.1. The van der Waals surface area contributed by atoms with Gasteiger partial charge in [0.05, 0.1) is 12.5 Å². The maximum absolute atomic E-state index is 13.1. The van der Waals surface area contributed by atoms with E-state index in [-0.39, 0.29) is 24.2 Å². The Morgan fingerprint density at radius 3 is 2.97 bits per heavy atom. The lowest BCUT2D eigenvalue weighted by Crippen LogP contribution is -2.40.